The van der Waals surface area contributed by atoms with E-state index in [0.29, 0.717) is 25.7 Å². The van der Waals surface area contributed by atoms with Crippen LogP contribution in [-0.2, 0) is 9.59 Å². The van der Waals surface area contributed by atoms with Gasteiger partial charge in [-0.2, -0.15) is 0 Å². The Hall–Kier alpha value is -1.14. The number of nitrogens with one attached hydrogen (secondary N) is 2. The minimum absolute atomic E-state index is 0.0669. The molecule has 2 fully saturated rings. The zero-order valence-corrected chi connectivity index (χ0v) is 17.8. The Morgan fingerprint density at radius 3 is 1.26 bits per heavy atom. The molecule has 0 saturated heterocycles. The second kappa shape index (κ2) is 7.70. The summed E-state index contributed by atoms with van der Waals surface area (Å²) in [4.78, 5) is 25.9. The minimum Gasteiger partial charge on any atom is -0.388 e. The fraction of sp³-hybridized carbons (Fsp3) is 0.905. The van der Waals surface area contributed by atoms with E-state index in [1.165, 1.54) is 0 Å². The van der Waals surface area contributed by atoms with Crippen molar-refractivity contribution in [2.45, 2.75) is 103 Å². The summed E-state index contributed by atoms with van der Waals surface area (Å²) >= 11 is 0. The van der Waals surface area contributed by atoms with E-state index in [0.717, 1.165) is 12.8 Å². The lowest BCUT2D eigenvalue weighted by Crippen LogP contribution is -2.64. The molecule has 0 aliphatic heterocycles. The van der Waals surface area contributed by atoms with Gasteiger partial charge in [0.25, 0.3) is 0 Å². The summed E-state index contributed by atoms with van der Waals surface area (Å²) in [5, 5.41) is 27.3. The predicted octanol–water partition coefficient (Wildman–Crippen LogP) is 2.12. The number of carbonyl (C=O) groups excluding carboxylic acids is 2. The molecule has 4 N–H and O–H groups in total. The van der Waals surface area contributed by atoms with Crippen LogP contribution in [0.25, 0.3) is 0 Å². The fourth-order valence-electron chi connectivity index (χ4n) is 4.29. The lowest BCUT2D eigenvalue weighted by atomic mass is 9.70. The Morgan fingerprint density at radius 2 is 1.07 bits per heavy atom. The highest BCUT2D eigenvalue weighted by Crippen LogP contribution is 2.39. The van der Waals surface area contributed by atoms with Crippen LogP contribution in [-0.4, -0.2) is 45.3 Å². The fourth-order valence-corrected chi connectivity index (χ4v) is 4.29. The molecule has 0 heterocycles. The van der Waals surface area contributed by atoms with Crippen molar-refractivity contribution in [2.24, 2.45) is 17.3 Å². The topological polar surface area (TPSA) is 98.7 Å². The van der Waals surface area contributed by atoms with Gasteiger partial charge in [0.2, 0.25) is 11.8 Å². The van der Waals surface area contributed by atoms with Crippen molar-refractivity contribution in [2.75, 3.05) is 0 Å². The minimum atomic E-state index is -1.29. The molecule has 2 amide bonds. The van der Waals surface area contributed by atoms with Crippen LogP contribution < -0.4 is 10.6 Å². The number of carbonyl (C=O) groups is 2. The van der Waals surface area contributed by atoms with E-state index in [-0.39, 0.29) is 35.7 Å². The molecule has 27 heavy (non-hydrogen) atoms. The van der Waals surface area contributed by atoms with Crippen LogP contribution in [0.2, 0.25) is 0 Å². The molecule has 0 spiro atoms. The lowest BCUT2D eigenvalue weighted by molar-refractivity contribution is -0.149. The quantitative estimate of drug-likeness (QED) is 0.483. The molecule has 6 heteroatoms. The van der Waals surface area contributed by atoms with Gasteiger partial charge in [-0.05, 0) is 64.2 Å². The maximum atomic E-state index is 12.9. The molecule has 0 aromatic carbocycles. The van der Waals surface area contributed by atoms with Gasteiger partial charge in [0.15, 0.2) is 0 Å². The van der Waals surface area contributed by atoms with Crippen LogP contribution >= 0.6 is 0 Å². The van der Waals surface area contributed by atoms with Gasteiger partial charge in [-0.25, -0.2) is 0 Å². The van der Waals surface area contributed by atoms with Crippen LogP contribution in [0.4, 0.5) is 0 Å². The van der Waals surface area contributed by atoms with E-state index in [9.17, 15) is 19.8 Å². The van der Waals surface area contributed by atoms with E-state index in [2.05, 4.69) is 10.6 Å². The Balaban J connectivity index is 2.08. The summed E-state index contributed by atoms with van der Waals surface area (Å²) < 4.78 is 0. The van der Waals surface area contributed by atoms with Gasteiger partial charge in [0, 0.05) is 0 Å². The molecule has 6 nitrogen and oxygen atoms in total. The van der Waals surface area contributed by atoms with Gasteiger partial charge in [-0.15, -0.1) is 0 Å². The van der Waals surface area contributed by atoms with Crippen molar-refractivity contribution in [3.63, 3.8) is 0 Å². The Bertz CT molecular complexity index is 515. The van der Waals surface area contributed by atoms with E-state index in [4.69, 9.17) is 0 Å². The number of hydrogen-bond acceptors (Lipinski definition) is 4. The standard InChI is InChI=1S/C21H38N2O4/c1-13(2)15(20(26)9-7-10-20)22-17(24)19(5,6)18(25)23-16(14(3)4)21(27)11-8-12-21/h13-16,26-27H,7-12H2,1-6H3,(H,22,24)(H,23,25). The summed E-state index contributed by atoms with van der Waals surface area (Å²) in [5.74, 6) is -0.640. The van der Waals surface area contributed by atoms with E-state index >= 15 is 0 Å². The molecule has 2 saturated carbocycles. The highest BCUT2D eigenvalue weighted by Gasteiger charge is 2.49. The summed E-state index contributed by atoms with van der Waals surface area (Å²) in [6, 6.07) is -0.745. The number of hydrogen-bond donors (Lipinski definition) is 4. The SMILES string of the molecule is CC(C)C(NC(=O)C(C)(C)C(=O)NC(C(C)C)C1(O)CCC1)C1(O)CCC1. The van der Waals surface area contributed by atoms with Crippen LogP contribution in [0.15, 0.2) is 0 Å². The van der Waals surface area contributed by atoms with Crippen molar-refractivity contribution < 1.29 is 19.8 Å². The first kappa shape index (κ1) is 22.2. The maximum Gasteiger partial charge on any atom is 0.235 e. The van der Waals surface area contributed by atoms with Gasteiger partial charge >= 0.3 is 0 Å². The zero-order chi connectivity index (χ0) is 20.6. The summed E-state index contributed by atoms with van der Waals surface area (Å²) in [6.07, 6.45) is 4.59. The van der Waals surface area contributed by atoms with Crippen molar-refractivity contribution in [1.29, 1.82) is 0 Å². The average molecular weight is 383 g/mol. The molecule has 2 unspecified atom stereocenters. The van der Waals surface area contributed by atoms with Gasteiger partial charge in [0.05, 0.1) is 23.3 Å². The van der Waals surface area contributed by atoms with Crippen LogP contribution in [0.1, 0.15) is 80.1 Å². The largest absolute Gasteiger partial charge is 0.388 e. The first-order valence-electron chi connectivity index (χ1n) is 10.4. The maximum absolute atomic E-state index is 12.9. The predicted molar refractivity (Wildman–Crippen MR) is 105 cm³/mol. The highest BCUT2D eigenvalue weighted by molar-refractivity contribution is 6.04. The van der Waals surface area contributed by atoms with Crippen LogP contribution in [0.3, 0.4) is 0 Å². The normalized spacial score (nSPS) is 23.2. The van der Waals surface area contributed by atoms with Crippen molar-refractivity contribution in [1.82, 2.24) is 10.6 Å². The molecule has 0 radical (unpaired) electrons. The zero-order valence-electron chi connectivity index (χ0n) is 17.8. The first-order valence-corrected chi connectivity index (χ1v) is 10.4. The molecule has 2 aliphatic rings. The molecule has 156 valence electrons. The molecule has 0 bridgehead atoms. The summed E-state index contributed by atoms with van der Waals surface area (Å²) in [7, 11) is 0. The Kier molecular flexibility index (Phi) is 6.32. The molecule has 2 rings (SSSR count). The van der Waals surface area contributed by atoms with Gasteiger partial charge in [0.1, 0.15) is 5.41 Å². The Labute approximate surface area is 163 Å². The number of amides is 2. The van der Waals surface area contributed by atoms with Crippen molar-refractivity contribution in [3.8, 4) is 0 Å². The van der Waals surface area contributed by atoms with Crippen LogP contribution in [0.5, 0.6) is 0 Å². The third-order valence-corrected chi connectivity index (χ3v) is 6.64. The highest BCUT2D eigenvalue weighted by atomic mass is 16.3. The molecule has 0 aromatic heterocycles. The summed E-state index contributed by atoms with van der Waals surface area (Å²) in [6.45, 7) is 11.1. The summed E-state index contributed by atoms with van der Waals surface area (Å²) in [5.41, 5.74) is -3.05. The van der Waals surface area contributed by atoms with E-state index < -0.39 is 16.6 Å². The lowest BCUT2D eigenvalue weighted by Gasteiger charge is -2.47. The third-order valence-electron chi connectivity index (χ3n) is 6.64. The van der Waals surface area contributed by atoms with Crippen LogP contribution in [0, 0.1) is 17.3 Å². The van der Waals surface area contributed by atoms with E-state index in [1.54, 1.807) is 13.8 Å². The molecular formula is C21H38N2O4. The molecule has 0 aromatic rings. The van der Waals surface area contributed by atoms with Gasteiger partial charge in [-0.3, -0.25) is 9.59 Å². The molecular weight excluding hydrogens is 344 g/mol. The van der Waals surface area contributed by atoms with Crippen molar-refractivity contribution >= 4 is 11.8 Å². The second-order valence-electron chi connectivity index (χ2n) is 9.93. The monoisotopic (exact) mass is 382 g/mol. The van der Waals surface area contributed by atoms with Gasteiger partial charge in [-0.1, -0.05) is 27.7 Å². The number of aliphatic hydroxyl groups is 2. The Morgan fingerprint density at radius 1 is 0.778 bits per heavy atom. The first-order chi connectivity index (χ1) is 12.3. The molecule has 2 aliphatic carbocycles. The second-order valence-corrected chi connectivity index (χ2v) is 9.93. The third kappa shape index (κ3) is 4.32. The smallest absolute Gasteiger partial charge is 0.235 e. The van der Waals surface area contributed by atoms with Gasteiger partial charge < -0.3 is 20.8 Å². The van der Waals surface area contributed by atoms with Crippen molar-refractivity contribution in [3.05, 3.63) is 0 Å². The molecule has 2 atom stereocenters. The number of rotatable bonds is 8. The average Bonchev–Trinajstić information content (AvgIpc) is 2.51. The van der Waals surface area contributed by atoms with E-state index in [1.807, 2.05) is 27.7 Å².